The molecule has 0 spiro atoms. The molecule has 1 aromatic rings. The Labute approximate surface area is 121 Å². The second-order valence-corrected chi connectivity index (χ2v) is 5.67. The van der Waals surface area contributed by atoms with Gasteiger partial charge in [-0.2, -0.15) is 5.26 Å². The predicted octanol–water partition coefficient (Wildman–Crippen LogP) is 2.56. The zero-order valence-electron chi connectivity index (χ0n) is 12.5. The number of hydrogen-bond acceptors (Lipinski definition) is 4. The van der Waals surface area contributed by atoms with Gasteiger partial charge >= 0.3 is 0 Å². The lowest BCUT2D eigenvalue weighted by Gasteiger charge is -2.35. The van der Waals surface area contributed by atoms with E-state index >= 15 is 0 Å². The Morgan fingerprint density at radius 3 is 2.90 bits per heavy atom. The van der Waals surface area contributed by atoms with Crippen molar-refractivity contribution in [2.75, 3.05) is 26.0 Å². The fourth-order valence-electron chi connectivity index (χ4n) is 2.74. The van der Waals surface area contributed by atoms with Crippen molar-refractivity contribution in [3.63, 3.8) is 0 Å². The molecule has 1 aromatic carbocycles. The number of anilines is 1. The van der Waals surface area contributed by atoms with Crippen molar-refractivity contribution in [1.29, 1.82) is 5.26 Å². The topological polar surface area (TPSA) is 48.3 Å². The van der Waals surface area contributed by atoms with Crippen LogP contribution in [-0.4, -0.2) is 32.8 Å². The van der Waals surface area contributed by atoms with E-state index in [0.717, 1.165) is 37.1 Å². The first-order valence-electron chi connectivity index (χ1n) is 7.13. The van der Waals surface area contributed by atoms with E-state index < -0.39 is 5.54 Å². The van der Waals surface area contributed by atoms with Gasteiger partial charge in [0.15, 0.2) is 0 Å². The van der Waals surface area contributed by atoms with Gasteiger partial charge in [-0.1, -0.05) is 6.07 Å². The zero-order chi connectivity index (χ0) is 14.6. The highest BCUT2D eigenvalue weighted by Gasteiger charge is 2.36. The molecule has 0 heterocycles. The van der Waals surface area contributed by atoms with Gasteiger partial charge in [0.1, 0.15) is 17.4 Å². The second kappa shape index (κ2) is 6.15. The normalized spacial score (nSPS) is 25.8. The molecule has 2 atom stereocenters. The molecule has 1 fully saturated rings. The summed E-state index contributed by atoms with van der Waals surface area (Å²) in [6.45, 7) is 0. The van der Waals surface area contributed by atoms with E-state index in [-0.39, 0.29) is 6.10 Å². The quantitative estimate of drug-likeness (QED) is 0.916. The van der Waals surface area contributed by atoms with Gasteiger partial charge in [-0.3, -0.25) is 0 Å². The van der Waals surface area contributed by atoms with Crippen molar-refractivity contribution in [1.82, 2.24) is 5.32 Å². The molecule has 4 heteroatoms. The van der Waals surface area contributed by atoms with Gasteiger partial charge in [-0.25, -0.2) is 0 Å². The molecule has 108 valence electrons. The first kappa shape index (κ1) is 14.7. The summed E-state index contributed by atoms with van der Waals surface area (Å²) in [5, 5.41) is 12.5. The molecule has 20 heavy (non-hydrogen) atoms. The fraction of sp³-hybridized carbons (Fsp3) is 0.562. The fourth-order valence-corrected chi connectivity index (χ4v) is 2.74. The zero-order valence-corrected chi connectivity index (χ0v) is 12.5. The van der Waals surface area contributed by atoms with Gasteiger partial charge < -0.3 is 15.0 Å². The average molecular weight is 273 g/mol. The van der Waals surface area contributed by atoms with E-state index in [1.165, 1.54) is 0 Å². The van der Waals surface area contributed by atoms with Crippen molar-refractivity contribution in [3.05, 3.63) is 24.3 Å². The molecule has 1 N–H and O–H groups in total. The molecule has 1 aliphatic carbocycles. The van der Waals surface area contributed by atoms with E-state index in [4.69, 9.17) is 4.74 Å². The van der Waals surface area contributed by atoms with Crippen LogP contribution in [0.4, 0.5) is 5.69 Å². The highest BCUT2D eigenvalue weighted by Crippen LogP contribution is 2.31. The minimum absolute atomic E-state index is 0.105. The number of ether oxygens (including phenoxy) is 1. The van der Waals surface area contributed by atoms with E-state index in [1.807, 2.05) is 39.3 Å². The number of benzene rings is 1. The largest absolute Gasteiger partial charge is 0.490 e. The maximum absolute atomic E-state index is 9.37. The lowest BCUT2D eigenvalue weighted by Crippen LogP contribution is -2.48. The number of rotatable bonds is 4. The summed E-state index contributed by atoms with van der Waals surface area (Å²) in [5.74, 6) is 0.881. The van der Waals surface area contributed by atoms with E-state index in [1.54, 1.807) is 0 Å². The van der Waals surface area contributed by atoms with Crippen LogP contribution >= 0.6 is 0 Å². The number of nitrogens with one attached hydrogen (secondary N) is 1. The van der Waals surface area contributed by atoms with Gasteiger partial charge in [-0.15, -0.1) is 0 Å². The molecule has 2 rings (SSSR count). The Morgan fingerprint density at radius 2 is 2.25 bits per heavy atom. The van der Waals surface area contributed by atoms with Crippen LogP contribution in [0.2, 0.25) is 0 Å². The van der Waals surface area contributed by atoms with Crippen molar-refractivity contribution in [3.8, 4) is 11.8 Å². The summed E-state index contributed by atoms with van der Waals surface area (Å²) >= 11 is 0. The second-order valence-electron chi connectivity index (χ2n) is 5.67. The molecule has 0 amide bonds. The highest BCUT2D eigenvalue weighted by atomic mass is 16.5. The molecule has 1 aliphatic rings. The molecular weight excluding hydrogens is 250 g/mol. The van der Waals surface area contributed by atoms with Crippen LogP contribution in [0.25, 0.3) is 0 Å². The van der Waals surface area contributed by atoms with Crippen LogP contribution in [0.5, 0.6) is 5.75 Å². The summed E-state index contributed by atoms with van der Waals surface area (Å²) in [7, 11) is 5.89. The molecule has 0 aliphatic heterocycles. The molecule has 1 saturated carbocycles. The Bertz CT molecular complexity index is 495. The van der Waals surface area contributed by atoms with Crippen molar-refractivity contribution in [2.24, 2.45) is 0 Å². The van der Waals surface area contributed by atoms with E-state index in [0.29, 0.717) is 0 Å². The Hall–Kier alpha value is -1.73. The van der Waals surface area contributed by atoms with Crippen LogP contribution in [-0.2, 0) is 0 Å². The van der Waals surface area contributed by atoms with Crippen molar-refractivity contribution < 1.29 is 4.74 Å². The average Bonchev–Trinajstić information content (AvgIpc) is 2.47. The summed E-state index contributed by atoms with van der Waals surface area (Å²) in [4.78, 5) is 2.06. The molecule has 0 radical (unpaired) electrons. The maximum Gasteiger partial charge on any atom is 0.121 e. The van der Waals surface area contributed by atoms with Gasteiger partial charge in [-0.05, 0) is 38.4 Å². The maximum atomic E-state index is 9.37. The third-order valence-corrected chi connectivity index (χ3v) is 4.04. The number of hydrogen-bond donors (Lipinski definition) is 1. The lowest BCUT2D eigenvalue weighted by molar-refractivity contribution is 0.116. The summed E-state index contributed by atoms with van der Waals surface area (Å²) in [5.41, 5.74) is 0.695. The summed E-state index contributed by atoms with van der Waals surface area (Å²) in [6, 6.07) is 10.5. The highest BCUT2D eigenvalue weighted by molar-refractivity contribution is 5.49. The monoisotopic (exact) mass is 273 g/mol. The molecule has 0 aromatic heterocycles. The van der Waals surface area contributed by atoms with E-state index in [2.05, 4.69) is 22.4 Å². The first-order valence-corrected chi connectivity index (χ1v) is 7.13. The standard InChI is InChI=1S/C16H23N3O/c1-18-16(12-17)9-5-8-15(11-16)20-14-7-4-6-13(10-14)19(2)3/h4,6-7,10,15,18H,5,8-9,11H2,1-3H3. The SMILES string of the molecule is CNC1(C#N)CCCC(Oc2cccc(N(C)C)c2)C1. The van der Waals surface area contributed by atoms with Gasteiger partial charge in [0.2, 0.25) is 0 Å². The molecule has 4 nitrogen and oxygen atoms in total. The Balaban J connectivity index is 2.06. The number of nitriles is 1. The van der Waals surface area contributed by atoms with Crippen molar-refractivity contribution >= 4 is 5.69 Å². The third-order valence-electron chi connectivity index (χ3n) is 4.04. The molecular formula is C16H23N3O. The van der Waals surface area contributed by atoms with Crippen LogP contribution < -0.4 is 15.0 Å². The molecule has 0 bridgehead atoms. The van der Waals surface area contributed by atoms with Crippen LogP contribution in [0.15, 0.2) is 24.3 Å². The smallest absolute Gasteiger partial charge is 0.121 e. The summed E-state index contributed by atoms with van der Waals surface area (Å²) in [6.07, 6.45) is 3.78. The first-order chi connectivity index (χ1) is 9.58. The Morgan fingerprint density at radius 1 is 1.45 bits per heavy atom. The van der Waals surface area contributed by atoms with Gasteiger partial charge in [0.25, 0.3) is 0 Å². The Kier molecular flexibility index (Phi) is 4.51. The minimum Gasteiger partial charge on any atom is -0.490 e. The van der Waals surface area contributed by atoms with Gasteiger partial charge in [0, 0.05) is 32.3 Å². The molecule has 2 unspecified atom stereocenters. The van der Waals surface area contributed by atoms with E-state index in [9.17, 15) is 5.26 Å². The predicted molar refractivity (Wildman–Crippen MR) is 81.1 cm³/mol. The van der Waals surface area contributed by atoms with Gasteiger partial charge in [0.05, 0.1) is 6.07 Å². The van der Waals surface area contributed by atoms with Crippen molar-refractivity contribution in [2.45, 2.75) is 37.3 Å². The van der Waals surface area contributed by atoms with Crippen LogP contribution in [0.3, 0.4) is 0 Å². The summed E-state index contributed by atoms with van der Waals surface area (Å²) < 4.78 is 6.09. The third kappa shape index (κ3) is 3.23. The minimum atomic E-state index is -0.428. The van der Waals surface area contributed by atoms with Crippen LogP contribution in [0.1, 0.15) is 25.7 Å². The van der Waals surface area contributed by atoms with Crippen LogP contribution in [0, 0.1) is 11.3 Å². The lowest BCUT2D eigenvalue weighted by atomic mass is 9.81. The molecule has 0 saturated heterocycles. The number of nitrogens with zero attached hydrogens (tertiary/aromatic N) is 2.